The van der Waals surface area contributed by atoms with Gasteiger partial charge in [0.2, 0.25) is 0 Å². The maximum absolute atomic E-state index is 11.7. The number of carbonyl (C=O) groups is 7. The van der Waals surface area contributed by atoms with Gasteiger partial charge in [-0.3, -0.25) is 4.79 Å². The fourth-order valence-electron chi connectivity index (χ4n) is 5.91. The summed E-state index contributed by atoms with van der Waals surface area (Å²) in [7, 11) is 3.77. The van der Waals surface area contributed by atoms with Crippen LogP contribution in [0.1, 0.15) is 122 Å². The number of alkyl carbamates (subject to hydrolysis) is 3. The lowest BCUT2D eigenvalue weighted by Crippen LogP contribution is -2.44. The maximum atomic E-state index is 11.7. The number of carbonyl (C=O) groups excluding carboxylic acids is 6. The maximum Gasteiger partial charge on any atom is 0.408 e. The van der Waals surface area contributed by atoms with Crippen LogP contribution in [-0.4, -0.2) is 114 Å². The Labute approximate surface area is 410 Å². The molecule has 6 N–H and O–H groups in total. The standard InChI is InChI=1S/C17H23NO7.C17H25NO5.C17H25NO4/c1-17(2,3)25-16(23)18-12(14(20)21)9-10-5-7-11(8-6-10)13(19)15(22)24-4;1-11(18-16(21)23-17(2,3)4)10-12-6-8-13(9-7-12)14(19)15(20)22-5;1-12(18-16(20)22-17(2,3)4)10-13-6-8-14(9-7-13)11-15(19)21-5/h5-8,12-13,19H,9H2,1-4H3,(H,18,23)(H,20,21);6-9,11,14,19H,10H2,1-5H3,(H,18,21);6-9,12H,10-11H2,1-5H3,(H,18,20)/t12-,13?;11-,14?;12-/m011/s1. The molecule has 0 spiro atoms. The number of benzene rings is 3. The largest absolute Gasteiger partial charge is 0.480 e. The van der Waals surface area contributed by atoms with E-state index in [1.165, 1.54) is 33.5 Å². The van der Waals surface area contributed by atoms with Crippen LogP contribution in [0.3, 0.4) is 0 Å². The first kappa shape index (κ1) is 61.3. The van der Waals surface area contributed by atoms with E-state index in [0.717, 1.165) is 16.7 Å². The van der Waals surface area contributed by atoms with Crippen molar-refractivity contribution in [3.8, 4) is 0 Å². The predicted molar refractivity (Wildman–Crippen MR) is 259 cm³/mol. The number of methoxy groups -OCH3 is 3. The van der Waals surface area contributed by atoms with E-state index < -0.39 is 71.2 Å². The second-order valence-electron chi connectivity index (χ2n) is 19.1. The molecule has 3 aromatic rings. The average Bonchev–Trinajstić information content (AvgIpc) is 3.24. The topological polar surface area (TPSA) is 272 Å². The van der Waals surface area contributed by atoms with E-state index in [1.54, 1.807) is 57.2 Å². The van der Waals surface area contributed by atoms with E-state index in [-0.39, 0.29) is 30.9 Å². The number of rotatable bonds is 16. The first-order valence-corrected chi connectivity index (χ1v) is 22.4. The fraction of sp³-hybridized carbons (Fsp3) is 0.510. The summed E-state index contributed by atoms with van der Waals surface area (Å²) >= 11 is 0. The minimum Gasteiger partial charge on any atom is -0.480 e. The second kappa shape index (κ2) is 28.7. The van der Waals surface area contributed by atoms with Gasteiger partial charge in [-0.2, -0.15) is 0 Å². The number of ether oxygens (including phenoxy) is 6. The number of carboxylic acid groups (broad SMARTS) is 1. The minimum absolute atomic E-state index is 0.0170. The molecule has 0 aromatic heterocycles. The van der Waals surface area contributed by atoms with Crippen LogP contribution < -0.4 is 16.0 Å². The molecule has 0 heterocycles. The summed E-state index contributed by atoms with van der Waals surface area (Å²) in [4.78, 5) is 80.2. The van der Waals surface area contributed by atoms with Crippen LogP contribution in [0.25, 0.3) is 0 Å². The lowest BCUT2D eigenvalue weighted by molar-refractivity contribution is -0.151. The van der Waals surface area contributed by atoms with Crippen LogP contribution in [-0.2, 0) is 73.3 Å². The van der Waals surface area contributed by atoms with Crippen LogP contribution in [0.15, 0.2) is 72.8 Å². The summed E-state index contributed by atoms with van der Waals surface area (Å²) in [6, 6.07) is 19.4. The molecule has 3 rings (SSSR count). The van der Waals surface area contributed by atoms with Crippen LogP contribution >= 0.6 is 0 Å². The molecule has 0 fully saturated rings. The molecular weight excluding hydrogens is 911 g/mol. The van der Waals surface area contributed by atoms with Gasteiger partial charge in [0.15, 0.2) is 12.2 Å². The quantitative estimate of drug-likeness (QED) is 0.0650. The monoisotopic (exact) mass is 983 g/mol. The number of esters is 3. The van der Waals surface area contributed by atoms with Gasteiger partial charge in [0.05, 0.1) is 27.8 Å². The Kier molecular flexibility index (Phi) is 25.1. The van der Waals surface area contributed by atoms with E-state index in [9.17, 15) is 48.9 Å². The van der Waals surface area contributed by atoms with Gasteiger partial charge in [-0.15, -0.1) is 0 Å². The lowest BCUT2D eigenvalue weighted by Gasteiger charge is -2.22. The highest BCUT2D eigenvalue weighted by atomic mass is 16.6. The van der Waals surface area contributed by atoms with Crippen molar-refractivity contribution >= 4 is 42.2 Å². The molecule has 19 nitrogen and oxygen atoms in total. The number of nitrogens with one attached hydrogen (secondary N) is 3. The number of amides is 3. The molecule has 19 heteroatoms. The number of aliphatic carboxylic acids is 1. The molecule has 0 bridgehead atoms. The van der Waals surface area contributed by atoms with E-state index >= 15 is 0 Å². The molecule has 70 heavy (non-hydrogen) atoms. The van der Waals surface area contributed by atoms with Gasteiger partial charge < -0.3 is 59.7 Å². The van der Waals surface area contributed by atoms with Crippen LogP contribution in [0.4, 0.5) is 14.4 Å². The first-order chi connectivity index (χ1) is 32.3. The third-order valence-electron chi connectivity index (χ3n) is 9.08. The van der Waals surface area contributed by atoms with Gasteiger partial charge in [0.25, 0.3) is 0 Å². The van der Waals surface area contributed by atoms with Gasteiger partial charge in [-0.25, -0.2) is 28.8 Å². The smallest absolute Gasteiger partial charge is 0.408 e. The average molecular weight is 984 g/mol. The van der Waals surface area contributed by atoms with Crippen LogP contribution in [0, 0.1) is 0 Å². The molecule has 0 aliphatic carbocycles. The first-order valence-electron chi connectivity index (χ1n) is 22.4. The number of hydrogen-bond acceptors (Lipinski definition) is 15. The fourth-order valence-corrected chi connectivity index (χ4v) is 5.91. The zero-order valence-corrected chi connectivity index (χ0v) is 42.8. The highest BCUT2D eigenvalue weighted by molar-refractivity contribution is 5.80. The van der Waals surface area contributed by atoms with Gasteiger partial charge >= 0.3 is 42.2 Å². The number of aliphatic hydroxyl groups is 2. The zero-order valence-electron chi connectivity index (χ0n) is 42.8. The third kappa shape index (κ3) is 26.1. The van der Waals surface area contributed by atoms with Crippen LogP contribution in [0.5, 0.6) is 0 Å². The molecule has 3 aromatic carbocycles. The third-order valence-corrected chi connectivity index (χ3v) is 9.08. The van der Waals surface area contributed by atoms with Crippen molar-refractivity contribution in [3.05, 3.63) is 106 Å². The highest BCUT2D eigenvalue weighted by Crippen LogP contribution is 2.18. The molecular formula is C51H73N3O16. The van der Waals surface area contributed by atoms with Crippen molar-refractivity contribution in [1.82, 2.24) is 16.0 Å². The predicted octanol–water partition coefficient (Wildman–Crippen LogP) is 6.62. The molecule has 0 radical (unpaired) electrons. The Morgan fingerprint density at radius 3 is 1.07 bits per heavy atom. The van der Waals surface area contributed by atoms with Crippen LogP contribution in [0.2, 0.25) is 0 Å². The SMILES string of the molecule is COC(=O)C(O)c1ccc(C[C@@H](C)NC(=O)OC(C)(C)C)cc1.COC(=O)C(O)c1ccc(C[C@H](NC(=O)OC(C)(C)C)C(=O)O)cc1.COC(=O)Cc1ccc(C[C@@H](C)NC(=O)OC(C)(C)C)cc1. The number of carboxylic acids is 1. The van der Waals surface area contributed by atoms with Gasteiger partial charge in [-0.1, -0.05) is 72.8 Å². The van der Waals surface area contributed by atoms with E-state index in [1.807, 2.05) is 79.7 Å². The van der Waals surface area contributed by atoms with Crippen molar-refractivity contribution in [1.29, 1.82) is 0 Å². The number of aliphatic hydroxyl groups excluding tert-OH is 2. The minimum atomic E-state index is -1.41. The Hall–Kier alpha value is -6.73. The molecule has 2 unspecified atom stereocenters. The molecule has 0 aliphatic rings. The molecule has 5 atom stereocenters. The summed E-state index contributed by atoms with van der Waals surface area (Å²) < 4.78 is 29.0. The molecule has 3 amide bonds. The molecule has 388 valence electrons. The van der Waals surface area contributed by atoms with Gasteiger partial charge in [0.1, 0.15) is 22.8 Å². The molecule has 0 saturated carbocycles. The van der Waals surface area contributed by atoms with E-state index in [4.69, 9.17) is 14.2 Å². The van der Waals surface area contributed by atoms with Crippen molar-refractivity contribution in [2.45, 2.75) is 149 Å². The zero-order chi connectivity index (χ0) is 53.6. The summed E-state index contributed by atoms with van der Waals surface area (Å²) in [5, 5.41) is 36.6. The van der Waals surface area contributed by atoms with Crippen molar-refractivity contribution < 1.29 is 77.3 Å². The van der Waals surface area contributed by atoms with Gasteiger partial charge in [0, 0.05) is 18.5 Å². The Morgan fingerprint density at radius 2 is 0.771 bits per heavy atom. The lowest BCUT2D eigenvalue weighted by atomic mass is 10.0. The summed E-state index contributed by atoms with van der Waals surface area (Å²) in [6.45, 7) is 19.7. The number of hydrogen-bond donors (Lipinski definition) is 6. The normalized spacial score (nSPS) is 13.3. The second-order valence-corrected chi connectivity index (χ2v) is 19.1. The summed E-state index contributed by atoms with van der Waals surface area (Å²) in [5.74, 6) is -2.95. The van der Waals surface area contributed by atoms with Gasteiger partial charge in [-0.05, 0) is 122 Å². The Morgan fingerprint density at radius 1 is 0.471 bits per heavy atom. The van der Waals surface area contributed by atoms with Crippen molar-refractivity contribution in [2.24, 2.45) is 0 Å². The Balaban J connectivity index is 0.000000526. The Bertz CT molecular complexity index is 2140. The summed E-state index contributed by atoms with van der Waals surface area (Å²) in [5.41, 5.74) is 2.57. The van der Waals surface area contributed by atoms with Crippen molar-refractivity contribution in [3.63, 3.8) is 0 Å². The summed E-state index contributed by atoms with van der Waals surface area (Å²) in [6.07, 6.45) is -2.81. The van der Waals surface area contributed by atoms with E-state index in [2.05, 4.69) is 30.2 Å². The molecule has 0 saturated heterocycles. The van der Waals surface area contributed by atoms with Crippen molar-refractivity contribution in [2.75, 3.05) is 21.3 Å². The van der Waals surface area contributed by atoms with E-state index in [0.29, 0.717) is 29.5 Å². The molecule has 0 aliphatic heterocycles. The highest BCUT2D eigenvalue weighted by Gasteiger charge is 2.25.